The van der Waals surface area contributed by atoms with Gasteiger partial charge in [-0.3, -0.25) is 4.79 Å². The lowest BCUT2D eigenvalue weighted by Crippen LogP contribution is -2.31. The summed E-state index contributed by atoms with van der Waals surface area (Å²) >= 11 is 10.5. The minimum Gasteiger partial charge on any atom is -0.497 e. The van der Waals surface area contributed by atoms with Crippen molar-refractivity contribution < 1.29 is 9.53 Å². The van der Waals surface area contributed by atoms with E-state index in [1.54, 1.807) is 18.1 Å². The first-order valence-electron chi connectivity index (χ1n) is 7.28. The molecule has 0 fully saturated rings. The molecule has 2 aromatic rings. The van der Waals surface area contributed by atoms with Gasteiger partial charge in [0, 0.05) is 6.20 Å². The van der Waals surface area contributed by atoms with E-state index < -0.39 is 0 Å². The Kier molecular flexibility index (Phi) is 6.17. The molecule has 0 heterocycles. The van der Waals surface area contributed by atoms with Crippen LogP contribution in [0.1, 0.15) is 11.1 Å². The number of para-hydroxylation sites is 1. The van der Waals surface area contributed by atoms with Gasteiger partial charge in [0.1, 0.15) is 5.75 Å². The smallest absolute Gasteiger partial charge is 0.266 e. The van der Waals surface area contributed by atoms with E-state index in [0.29, 0.717) is 17.3 Å². The Morgan fingerprint density at radius 1 is 1.29 bits per heavy atom. The van der Waals surface area contributed by atoms with Gasteiger partial charge in [-0.1, -0.05) is 35.9 Å². The Morgan fingerprint density at radius 2 is 1.96 bits per heavy atom. The highest BCUT2D eigenvalue weighted by Crippen LogP contribution is 2.32. The Hall–Kier alpha value is -2.11. The predicted octanol–water partition coefficient (Wildman–Crippen LogP) is 3.92. The van der Waals surface area contributed by atoms with Crippen LogP contribution in [0, 0.1) is 6.92 Å². The lowest BCUT2D eigenvalue weighted by atomic mass is 10.1. The number of carbonyl (C=O) groups excluding carboxylic acids is 1. The molecule has 4 nitrogen and oxygen atoms in total. The molecule has 2 aromatic carbocycles. The summed E-state index contributed by atoms with van der Waals surface area (Å²) in [6.45, 7) is 2.24. The molecule has 2 N–H and O–H groups in total. The van der Waals surface area contributed by atoms with Crippen molar-refractivity contribution in [2.75, 3.05) is 12.0 Å². The average Bonchev–Trinajstić information content (AvgIpc) is 2.60. The van der Waals surface area contributed by atoms with Crippen LogP contribution in [-0.2, 0) is 11.3 Å². The first-order valence-corrected chi connectivity index (χ1v) is 8.11. The Bertz CT molecular complexity index is 740. The number of thiol groups is 1. The fourth-order valence-corrected chi connectivity index (χ4v) is 2.78. The van der Waals surface area contributed by atoms with Crippen LogP contribution in [0.15, 0.2) is 53.6 Å². The highest BCUT2D eigenvalue weighted by atomic mass is 35.5. The molecule has 0 bridgehead atoms. The first kappa shape index (κ1) is 18.2. The normalized spacial score (nSPS) is 11.2. The van der Waals surface area contributed by atoms with E-state index in [1.165, 1.54) is 6.20 Å². The summed E-state index contributed by atoms with van der Waals surface area (Å²) in [6.07, 6.45) is 1.18. The monoisotopic (exact) mass is 362 g/mol. The van der Waals surface area contributed by atoms with Crippen molar-refractivity contribution in [2.24, 2.45) is 5.73 Å². The first-order chi connectivity index (χ1) is 11.5. The molecule has 0 spiro atoms. The fourth-order valence-electron chi connectivity index (χ4n) is 2.34. The van der Waals surface area contributed by atoms with Gasteiger partial charge >= 0.3 is 0 Å². The number of amides is 1. The highest BCUT2D eigenvalue weighted by molar-refractivity contribution is 7.85. The van der Waals surface area contributed by atoms with Crippen LogP contribution in [0.5, 0.6) is 5.75 Å². The Labute approximate surface area is 152 Å². The van der Waals surface area contributed by atoms with Gasteiger partial charge in [-0.05, 0) is 36.2 Å². The summed E-state index contributed by atoms with van der Waals surface area (Å²) in [5, 5.41) is 0.495. The van der Waals surface area contributed by atoms with Gasteiger partial charge in [0.15, 0.2) is 0 Å². The predicted molar refractivity (Wildman–Crippen MR) is 102 cm³/mol. The summed E-state index contributed by atoms with van der Waals surface area (Å²) in [5.74, 6) is 0.440. The van der Waals surface area contributed by atoms with Crippen molar-refractivity contribution in [1.29, 1.82) is 0 Å². The number of hydrogen-bond donors (Lipinski definition) is 2. The number of ether oxygens (including phenoxy) is 1. The summed E-state index contributed by atoms with van der Waals surface area (Å²) in [6, 6.07) is 13.0. The topological polar surface area (TPSA) is 55.6 Å². The Balaban J connectivity index is 2.45. The van der Waals surface area contributed by atoms with Gasteiger partial charge < -0.3 is 15.4 Å². The average molecular weight is 363 g/mol. The molecule has 0 unspecified atom stereocenters. The number of benzene rings is 2. The van der Waals surface area contributed by atoms with Gasteiger partial charge in [0.05, 0.1) is 29.3 Å². The van der Waals surface area contributed by atoms with Crippen molar-refractivity contribution in [3.05, 3.63) is 69.7 Å². The zero-order valence-corrected chi connectivity index (χ0v) is 15.1. The Morgan fingerprint density at radius 3 is 2.50 bits per heavy atom. The number of nitrogens with two attached hydrogens (primary N) is 1. The minimum absolute atomic E-state index is 0.155. The van der Waals surface area contributed by atoms with Crippen LogP contribution in [-0.4, -0.2) is 13.0 Å². The summed E-state index contributed by atoms with van der Waals surface area (Å²) in [5.41, 5.74) is 7.93. The molecule has 2 rings (SSSR count). The van der Waals surface area contributed by atoms with E-state index in [2.05, 4.69) is 12.6 Å². The summed E-state index contributed by atoms with van der Waals surface area (Å²) < 4.78 is 5.16. The van der Waals surface area contributed by atoms with E-state index in [4.69, 9.17) is 22.1 Å². The number of nitrogens with zero attached hydrogens (tertiary/aromatic N) is 1. The molecule has 0 atom stereocenters. The van der Waals surface area contributed by atoms with Gasteiger partial charge in [-0.15, -0.1) is 12.6 Å². The maximum Gasteiger partial charge on any atom is 0.266 e. The number of aryl methyl sites for hydroxylation is 1. The molecule has 0 aliphatic carbocycles. The molecule has 24 heavy (non-hydrogen) atoms. The zero-order chi connectivity index (χ0) is 17.7. The van der Waals surface area contributed by atoms with Crippen molar-refractivity contribution in [2.45, 2.75) is 13.5 Å². The molecular weight excluding hydrogens is 344 g/mol. The second-order valence-electron chi connectivity index (χ2n) is 5.20. The quantitative estimate of drug-likeness (QED) is 0.626. The molecule has 0 aliphatic rings. The molecule has 0 radical (unpaired) electrons. The highest BCUT2D eigenvalue weighted by Gasteiger charge is 2.22. The molecule has 6 heteroatoms. The van der Waals surface area contributed by atoms with Crippen LogP contribution in [0.2, 0.25) is 5.02 Å². The van der Waals surface area contributed by atoms with Crippen LogP contribution < -0.4 is 15.4 Å². The maximum atomic E-state index is 12.7. The van der Waals surface area contributed by atoms with Crippen molar-refractivity contribution in [3.8, 4) is 5.75 Å². The molecule has 126 valence electrons. The number of hydrogen-bond acceptors (Lipinski definition) is 4. The van der Waals surface area contributed by atoms with Crippen LogP contribution >= 0.6 is 24.2 Å². The fraction of sp³-hybridized carbons (Fsp3) is 0.167. The third-order valence-electron chi connectivity index (χ3n) is 3.58. The van der Waals surface area contributed by atoms with Crippen LogP contribution in [0.3, 0.4) is 0 Å². The lowest BCUT2D eigenvalue weighted by molar-refractivity contribution is -0.114. The number of carbonyl (C=O) groups is 1. The summed E-state index contributed by atoms with van der Waals surface area (Å²) in [4.78, 5) is 14.5. The van der Waals surface area contributed by atoms with Crippen LogP contribution in [0.25, 0.3) is 0 Å². The van der Waals surface area contributed by atoms with E-state index in [9.17, 15) is 4.79 Å². The number of rotatable bonds is 5. The number of methoxy groups -OCH3 is 1. The van der Waals surface area contributed by atoms with E-state index >= 15 is 0 Å². The third-order valence-corrected chi connectivity index (χ3v) is 4.23. The van der Waals surface area contributed by atoms with Crippen molar-refractivity contribution in [3.63, 3.8) is 0 Å². The number of halogens is 1. The largest absolute Gasteiger partial charge is 0.497 e. The lowest BCUT2D eigenvalue weighted by Gasteiger charge is -2.26. The maximum absolute atomic E-state index is 12.7. The third kappa shape index (κ3) is 4.04. The van der Waals surface area contributed by atoms with E-state index in [-0.39, 0.29) is 10.8 Å². The van der Waals surface area contributed by atoms with Gasteiger partial charge in [0.25, 0.3) is 5.91 Å². The van der Waals surface area contributed by atoms with E-state index in [1.807, 2.05) is 43.3 Å². The molecular formula is C18H19ClN2O2S. The molecule has 0 saturated heterocycles. The van der Waals surface area contributed by atoms with Gasteiger partial charge in [0.2, 0.25) is 0 Å². The second-order valence-corrected chi connectivity index (χ2v) is 6.09. The second kappa shape index (κ2) is 8.13. The molecule has 0 saturated carbocycles. The molecule has 0 aliphatic heterocycles. The van der Waals surface area contributed by atoms with Gasteiger partial charge in [-0.2, -0.15) is 0 Å². The molecule has 1 amide bonds. The molecule has 0 aromatic heterocycles. The SMILES string of the molecule is COc1ccc(CN(C(=O)/C(S)=C/N)c2c(C)cccc2Cl)cc1. The zero-order valence-electron chi connectivity index (χ0n) is 13.5. The van der Waals surface area contributed by atoms with Gasteiger partial charge in [-0.25, -0.2) is 0 Å². The van der Waals surface area contributed by atoms with Crippen molar-refractivity contribution in [1.82, 2.24) is 0 Å². The minimum atomic E-state index is -0.312. The van der Waals surface area contributed by atoms with E-state index in [0.717, 1.165) is 16.9 Å². The number of anilines is 1. The van der Waals surface area contributed by atoms with Crippen molar-refractivity contribution >= 4 is 35.8 Å². The summed E-state index contributed by atoms with van der Waals surface area (Å²) in [7, 11) is 1.61. The standard InChI is InChI=1S/C18H19ClN2O2S/c1-12-4-3-5-15(19)17(12)21(18(22)16(24)10-20)11-13-6-8-14(23-2)9-7-13/h3-10,24H,11,20H2,1-2H3/b16-10-. The van der Waals surface area contributed by atoms with Crippen LogP contribution in [0.4, 0.5) is 5.69 Å².